The van der Waals surface area contributed by atoms with Crippen molar-refractivity contribution in [3.8, 4) is 5.75 Å². The number of carbonyl (C=O) groups is 6. The highest BCUT2D eigenvalue weighted by Crippen LogP contribution is 2.22. The lowest BCUT2D eigenvalue weighted by atomic mass is 10.0. The van der Waals surface area contributed by atoms with Crippen molar-refractivity contribution in [2.75, 3.05) is 26.2 Å². The first-order chi connectivity index (χ1) is 20.0. The number of hydrogen-bond donors (Lipinski definition) is 5. The molecule has 13 heteroatoms. The van der Waals surface area contributed by atoms with E-state index >= 15 is 0 Å². The molecule has 4 atom stereocenters. The Bertz CT molecular complexity index is 1200. The third-order valence-electron chi connectivity index (χ3n) is 7.90. The Kier molecular flexibility index (Phi) is 10.0. The summed E-state index contributed by atoms with van der Waals surface area (Å²) in [6.45, 7) is 3.73. The van der Waals surface area contributed by atoms with Crippen molar-refractivity contribution in [1.82, 2.24) is 31.1 Å². The van der Waals surface area contributed by atoms with Gasteiger partial charge in [-0.05, 0) is 55.7 Å². The summed E-state index contributed by atoms with van der Waals surface area (Å²) < 4.78 is 0. The zero-order valence-corrected chi connectivity index (χ0v) is 24.1. The smallest absolute Gasteiger partial charge is 0.245 e. The van der Waals surface area contributed by atoms with Gasteiger partial charge in [-0.25, -0.2) is 0 Å². The molecule has 0 saturated carbocycles. The van der Waals surface area contributed by atoms with E-state index in [0.717, 1.165) is 0 Å². The van der Waals surface area contributed by atoms with E-state index < -0.39 is 60.2 Å². The summed E-state index contributed by atoms with van der Waals surface area (Å²) >= 11 is 0. The molecule has 3 heterocycles. The zero-order chi connectivity index (χ0) is 30.4. The SMILES string of the molecule is CC(C)C[C@@H]1NC(=O)[C@@H]2CCCN2C(=O)CNC(=O)[C@H](Cc2ccc(O)cc2)NC(=O)CNC(=O)[C@@H]2CCCN2C1=O. The fourth-order valence-corrected chi connectivity index (χ4v) is 5.80. The maximum Gasteiger partial charge on any atom is 0.245 e. The van der Waals surface area contributed by atoms with Crippen LogP contribution in [0.25, 0.3) is 0 Å². The van der Waals surface area contributed by atoms with Crippen LogP contribution in [0.4, 0.5) is 0 Å². The summed E-state index contributed by atoms with van der Waals surface area (Å²) in [6, 6.07) is 2.60. The Labute approximate surface area is 244 Å². The minimum absolute atomic E-state index is 0.0458. The van der Waals surface area contributed by atoms with E-state index in [4.69, 9.17) is 0 Å². The number of nitrogens with zero attached hydrogens (tertiary/aromatic N) is 2. The van der Waals surface area contributed by atoms with Gasteiger partial charge in [0.05, 0.1) is 13.1 Å². The Balaban J connectivity index is 1.59. The summed E-state index contributed by atoms with van der Waals surface area (Å²) in [5, 5.41) is 20.2. The number of aromatic hydroxyl groups is 1. The van der Waals surface area contributed by atoms with Crippen LogP contribution in [0.5, 0.6) is 5.75 Å². The molecule has 3 saturated heterocycles. The molecule has 0 aliphatic carbocycles. The van der Waals surface area contributed by atoms with Crippen LogP contribution in [0.3, 0.4) is 0 Å². The first kappa shape index (κ1) is 30.8. The molecule has 228 valence electrons. The highest BCUT2D eigenvalue weighted by Gasteiger charge is 2.40. The number of amides is 6. The molecule has 4 rings (SSSR count). The van der Waals surface area contributed by atoms with Gasteiger partial charge in [0, 0.05) is 19.5 Å². The zero-order valence-electron chi connectivity index (χ0n) is 24.1. The van der Waals surface area contributed by atoms with Gasteiger partial charge < -0.3 is 36.2 Å². The number of phenolic OH excluding ortho intramolecular Hbond substituents is 1. The molecule has 0 aromatic heterocycles. The van der Waals surface area contributed by atoms with E-state index in [1.165, 1.54) is 21.9 Å². The van der Waals surface area contributed by atoms with E-state index in [0.29, 0.717) is 50.8 Å². The van der Waals surface area contributed by atoms with Gasteiger partial charge in [0.1, 0.15) is 29.9 Å². The molecule has 0 spiro atoms. The van der Waals surface area contributed by atoms with Crippen LogP contribution in [0.2, 0.25) is 0 Å². The van der Waals surface area contributed by atoms with Crippen molar-refractivity contribution in [1.29, 1.82) is 0 Å². The number of nitrogens with one attached hydrogen (secondary N) is 4. The Morgan fingerprint density at radius 2 is 1.40 bits per heavy atom. The van der Waals surface area contributed by atoms with E-state index in [1.54, 1.807) is 12.1 Å². The lowest BCUT2D eigenvalue weighted by Gasteiger charge is -2.31. The van der Waals surface area contributed by atoms with Crippen LogP contribution in [-0.4, -0.2) is 101 Å². The fraction of sp³-hybridized carbons (Fsp3) is 0.586. The lowest BCUT2D eigenvalue weighted by molar-refractivity contribution is -0.144. The summed E-state index contributed by atoms with van der Waals surface area (Å²) in [7, 11) is 0. The van der Waals surface area contributed by atoms with Gasteiger partial charge in [0.2, 0.25) is 35.4 Å². The van der Waals surface area contributed by atoms with E-state index in [2.05, 4.69) is 21.3 Å². The Hall–Kier alpha value is -4.16. The molecule has 0 bridgehead atoms. The largest absolute Gasteiger partial charge is 0.508 e. The Morgan fingerprint density at radius 3 is 2.07 bits per heavy atom. The highest BCUT2D eigenvalue weighted by atomic mass is 16.3. The van der Waals surface area contributed by atoms with Crippen molar-refractivity contribution >= 4 is 35.4 Å². The fourth-order valence-electron chi connectivity index (χ4n) is 5.80. The summed E-state index contributed by atoms with van der Waals surface area (Å²) in [5.41, 5.74) is 0.651. The van der Waals surface area contributed by atoms with Crippen molar-refractivity contribution in [3.05, 3.63) is 29.8 Å². The third-order valence-corrected chi connectivity index (χ3v) is 7.90. The van der Waals surface area contributed by atoms with Gasteiger partial charge in [0.15, 0.2) is 0 Å². The van der Waals surface area contributed by atoms with Crippen LogP contribution in [0, 0.1) is 5.92 Å². The number of rotatable bonds is 4. The molecular weight excluding hydrogens is 544 g/mol. The average molecular weight is 585 g/mol. The molecule has 6 amide bonds. The second-order valence-electron chi connectivity index (χ2n) is 11.6. The second kappa shape index (κ2) is 13.7. The maximum atomic E-state index is 13.6. The molecule has 1 aromatic carbocycles. The normalized spacial score (nSPS) is 26.5. The molecule has 3 fully saturated rings. The van der Waals surface area contributed by atoms with Gasteiger partial charge in [-0.15, -0.1) is 0 Å². The minimum Gasteiger partial charge on any atom is -0.508 e. The molecule has 13 nitrogen and oxygen atoms in total. The predicted octanol–water partition coefficient (Wildman–Crippen LogP) is -0.822. The van der Waals surface area contributed by atoms with Crippen molar-refractivity contribution in [2.45, 2.75) is 76.5 Å². The van der Waals surface area contributed by atoms with Gasteiger partial charge in [0.25, 0.3) is 0 Å². The van der Waals surface area contributed by atoms with E-state index in [-0.39, 0.29) is 30.5 Å². The lowest BCUT2D eigenvalue weighted by Crippen LogP contribution is -2.58. The van der Waals surface area contributed by atoms with Crippen LogP contribution >= 0.6 is 0 Å². The number of carbonyl (C=O) groups excluding carboxylic acids is 6. The van der Waals surface area contributed by atoms with Gasteiger partial charge >= 0.3 is 0 Å². The molecule has 3 aliphatic rings. The quantitative estimate of drug-likeness (QED) is 0.307. The first-order valence-corrected chi connectivity index (χ1v) is 14.6. The number of hydrogen-bond acceptors (Lipinski definition) is 7. The van der Waals surface area contributed by atoms with Crippen LogP contribution in [0.15, 0.2) is 24.3 Å². The van der Waals surface area contributed by atoms with Gasteiger partial charge in [-0.3, -0.25) is 28.8 Å². The molecule has 5 N–H and O–H groups in total. The molecule has 3 aliphatic heterocycles. The summed E-state index contributed by atoms with van der Waals surface area (Å²) in [6.07, 6.45) is 2.45. The average Bonchev–Trinajstić information content (AvgIpc) is 3.64. The summed E-state index contributed by atoms with van der Waals surface area (Å²) in [5.74, 6) is -2.85. The van der Waals surface area contributed by atoms with Gasteiger partial charge in [-0.1, -0.05) is 26.0 Å². The summed E-state index contributed by atoms with van der Waals surface area (Å²) in [4.78, 5) is 82.2. The number of fused-ring (bicyclic) bond motifs is 2. The molecular formula is C29H40N6O7. The van der Waals surface area contributed by atoms with Crippen molar-refractivity contribution in [3.63, 3.8) is 0 Å². The van der Waals surface area contributed by atoms with Crippen LogP contribution in [0.1, 0.15) is 51.5 Å². The van der Waals surface area contributed by atoms with Crippen molar-refractivity contribution < 1.29 is 33.9 Å². The van der Waals surface area contributed by atoms with E-state index in [1.807, 2.05) is 13.8 Å². The maximum absolute atomic E-state index is 13.6. The molecule has 1 aromatic rings. The standard InChI is InChI=1S/C29H40N6O7/c1-17(2)13-21-29(42)35-12-4-5-22(35)27(40)30-15-24(37)32-20(14-18-7-9-19(36)10-8-18)26(39)31-16-25(38)34-11-3-6-23(34)28(41)33-21/h7-10,17,20-23,36H,3-6,11-16H2,1-2H3,(H,30,40)(H,31,39)(H,32,37)(H,33,41)/t20-,21-,22-,23-/m0/s1. The first-order valence-electron chi connectivity index (χ1n) is 14.6. The monoisotopic (exact) mass is 584 g/mol. The Morgan fingerprint density at radius 1 is 0.786 bits per heavy atom. The van der Waals surface area contributed by atoms with Crippen LogP contribution < -0.4 is 21.3 Å². The van der Waals surface area contributed by atoms with Crippen molar-refractivity contribution in [2.24, 2.45) is 5.92 Å². The van der Waals surface area contributed by atoms with E-state index in [9.17, 15) is 33.9 Å². The third kappa shape index (κ3) is 7.56. The predicted molar refractivity (Wildman–Crippen MR) is 151 cm³/mol. The second-order valence-corrected chi connectivity index (χ2v) is 11.6. The molecule has 42 heavy (non-hydrogen) atoms. The number of benzene rings is 1. The molecule has 0 radical (unpaired) electrons. The van der Waals surface area contributed by atoms with Crippen LogP contribution in [-0.2, 0) is 35.2 Å². The topological polar surface area (TPSA) is 177 Å². The van der Waals surface area contributed by atoms with Gasteiger partial charge in [-0.2, -0.15) is 0 Å². The number of phenols is 1. The highest BCUT2D eigenvalue weighted by molar-refractivity contribution is 5.97. The minimum atomic E-state index is -1.08. The molecule has 0 unspecified atom stereocenters.